The summed E-state index contributed by atoms with van der Waals surface area (Å²) in [4.78, 5) is 0. The van der Waals surface area contributed by atoms with E-state index in [1.807, 2.05) is 12.1 Å². The molecule has 0 aromatic heterocycles. The highest BCUT2D eigenvalue weighted by molar-refractivity contribution is 9.10. The highest BCUT2D eigenvalue weighted by atomic mass is 79.9. The number of nitrogens with one attached hydrogen (secondary N) is 1. The monoisotopic (exact) mass is 286 g/mol. The fourth-order valence-electron chi connectivity index (χ4n) is 1.24. The van der Waals surface area contributed by atoms with E-state index in [0.29, 0.717) is 5.02 Å². The van der Waals surface area contributed by atoms with Gasteiger partial charge in [-0.25, -0.2) is 0 Å². The van der Waals surface area contributed by atoms with Crippen molar-refractivity contribution in [2.45, 2.75) is 25.8 Å². The lowest BCUT2D eigenvalue weighted by Gasteiger charge is -2.12. The predicted octanol–water partition coefficient (Wildman–Crippen LogP) is 4.21. The van der Waals surface area contributed by atoms with Crippen LogP contribution in [0.5, 0.6) is 0 Å². The molecule has 0 spiro atoms. The van der Waals surface area contributed by atoms with Gasteiger partial charge in [0, 0.05) is 10.2 Å². The largest absolute Gasteiger partial charge is 0.370 e. The summed E-state index contributed by atoms with van der Waals surface area (Å²) in [5, 5.41) is 12.7. The Balaban J connectivity index is 2.72. The lowest BCUT2D eigenvalue weighted by molar-refractivity contribution is 0.748. The second-order valence-corrected chi connectivity index (χ2v) is 4.51. The zero-order valence-electron chi connectivity index (χ0n) is 8.43. The van der Waals surface area contributed by atoms with E-state index in [2.05, 4.69) is 34.2 Å². The van der Waals surface area contributed by atoms with Crippen LogP contribution in [0.3, 0.4) is 0 Å². The van der Waals surface area contributed by atoms with Gasteiger partial charge in [-0.2, -0.15) is 5.26 Å². The first-order valence-electron chi connectivity index (χ1n) is 4.78. The Morgan fingerprint density at radius 3 is 2.87 bits per heavy atom. The number of nitriles is 1. The Kier molecular flexibility index (Phi) is 4.93. The minimum absolute atomic E-state index is 0.136. The molecule has 1 aromatic rings. The molecule has 15 heavy (non-hydrogen) atoms. The van der Waals surface area contributed by atoms with Crippen LogP contribution < -0.4 is 5.32 Å². The molecule has 1 unspecified atom stereocenters. The molecule has 0 aliphatic heterocycles. The van der Waals surface area contributed by atoms with Gasteiger partial charge < -0.3 is 5.32 Å². The van der Waals surface area contributed by atoms with Crippen molar-refractivity contribution in [3.63, 3.8) is 0 Å². The molecule has 4 heteroatoms. The highest BCUT2D eigenvalue weighted by Gasteiger charge is 2.06. The van der Waals surface area contributed by atoms with Crippen LogP contribution in [0, 0.1) is 11.3 Å². The van der Waals surface area contributed by atoms with Crippen LogP contribution in [-0.2, 0) is 0 Å². The maximum Gasteiger partial charge on any atom is 0.114 e. The summed E-state index contributed by atoms with van der Waals surface area (Å²) in [6.07, 6.45) is 1.83. The smallest absolute Gasteiger partial charge is 0.114 e. The summed E-state index contributed by atoms with van der Waals surface area (Å²) in [6.45, 7) is 2.06. The SMILES string of the molecule is CCCC(C#N)Nc1ccc(Cl)c(Br)c1. The summed E-state index contributed by atoms with van der Waals surface area (Å²) >= 11 is 9.21. The van der Waals surface area contributed by atoms with Crippen LogP contribution >= 0.6 is 27.5 Å². The van der Waals surface area contributed by atoms with Gasteiger partial charge in [-0.15, -0.1) is 0 Å². The molecule has 0 fully saturated rings. The number of nitrogens with zero attached hydrogens (tertiary/aromatic N) is 1. The minimum Gasteiger partial charge on any atom is -0.370 e. The van der Waals surface area contributed by atoms with Crippen molar-refractivity contribution in [1.29, 1.82) is 5.26 Å². The Morgan fingerprint density at radius 1 is 1.60 bits per heavy atom. The lowest BCUT2D eigenvalue weighted by atomic mass is 10.2. The zero-order valence-corrected chi connectivity index (χ0v) is 10.8. The molecule has 0 saturated carbocycles. The molecule has 2 nitrogen and oxygen atoms in total. The molecule has 1 rings (SSSR count). The van der Waals surface area contributed by atoms with Gasteiger partial charge >= 0.3 is 0 Å². The van der Waals surface area contributed by atoms with Crippen LogP contribution in [0.15, 0.2) is 22.7 Å². The van der Waals surface area contributed by atoms with E-state index in [9.17, 15) is 0 Å². The molecule has 80 valence electrons. The molecule has 0 radical (unpaired) electrons. The van der Waals surface area contributed by atoms with Gasteiger partial charge in [0.15, 0.2) is 0 Å². The van der Waals surface area contributed by atoms with Crippen molar-refractivity contribution >= 4 is 33.2 Å². The normalized spacial score (nSPS) is 11.9. The average Bonchev–Trinajstić information content (AvgIpc) is 2.23. The van der Waals surface area contributed by atoms with E-state index in [1.54, 1.807) is 6.07 Å². The summed E-state index contributed by atoms with van der Waals surface area (Å²) in [5.74, 6) is 0. The fraction of sp³-hybridized carbons (Fsp3) is 0.364. The van der Waals surface area contributed by atoms with Crippen LogP contribution in [0.25, 0.3) is 0 Å². The van der Waals surface area contributed by atoms with Crippen LogP contribution in [0.4, 0.5) is 5.69 Å². The number of hydrogen-bond donors (Lipinski definition) is 1. The lowest BCUT2D eigenvalue weighted by Crippen LogP contribution is -2.16. The molecule has 0 heterocycles. The minimum atomic E-state index is -0.136. The fourth-order valence-corrected chi connectivity index (χ4v) is 1.74. The van der Waals surface area contributed by atoms with Crippen molar-refractivity contribution in [2.75, 3.05) is 5.32 Å². The first kappa shape index (κ1) is 12.4. The van der Waals surface area contributed by atoms with Crippen LogP contribution in [-0.4, -0.2) is 6.04 Å². The first-order valence-corrected chi connectivity index (χ1v) is 5.95. The average molecular weight is 288 g/mol. The number of hydrogen-bond acceptors (Lipinski definition) is 2. The third kappa shape index (κ3) is 3.73. The summed E-state index contributed by atoms with van der Waals surface area (Å²) < 4.78 is 0.836. The maximum absolute atomic E-state index is 8.89. The molecule has 0 amide bonds. The van der Waals surface area contributed by atoms with Crippen molar-refractivity contribution in [3.8, 4) is 6.07 Å². The third-order valence-corrected chi connectivity index (χ3v) is 3.21. The quantitative estimate of drug-likeness (QED) is 0.900. The van der Waals surface area contributed by atoms with Gasteiger partial charge in [0.25, 0.3) is 0 Å². The first-order chi connectivity index (χ1) is 7.17. The third-order valence-electron chi connectivity index (χ3n) is 1.99. The van der Waals surface area contributed by atoms with E-state index in [4.69, 9.17) is 16.9 Å². The van der Waals surface area contributed by atoms with E-state index in [-0.39, 0.29) is 6.04 Å². The maximum atomic E-state index is 8.89. The van der Waals surface area contributed by atoms with Gasteiger partial charge in [-0.1, -0.05) is 24.9 Å². The number of benzene rings is 1. The molecule has 1 atom stereocenters. The molecule has 1 N–H and O–H groups in total. The van der Waals surface area contributed by atoms with E-state index < -0.39 is 0 Å². The molecule has 0 saturated heterocycles. The number of rotatable bonds is 4. The van der Waals surface area contributed by atoms with Crippen molar-refractivity contribution < 1.29 is 0 Å². The second kappa shape index (κ2) is 5.99. The molecular formula is C11H12BrClN2. The van der Waals surface area contributed by atoms with Crippen LogP contribution in [0.2, 0.25) is 5.02 Å². The van der Waals surface area contributed by atoms with Gasteiger partial charge in [-0.3, -0.25) is 0 Å². The van der Waals surface area contributed by atoms with Crippen molar-refractivity contribution in [2.24, 2.45) is 0 Å². The Morgan fingerprint density at radius 2 is 2.33 bits per heavy atom. The zero-order chi connectivity index (χ0) is 11.3. The summed E-state index contributed by atoms with van der Waals surface area (Å²) in [6, 6.07) is 7.64. The number of halogens is 2. The Hall–Kier alpha value is -0.720. The van der Waals surface area contributed by atoms with Crippen molar-refractivity contribution in [1.82, 2.24) is 0 Å². The predicted molar refractivity (Wildman–Crippen MR) is 67.1 cm³/mol. The molecule has 0 aliphatic rings. The standard InChI is InChI=1S/C11H12BrClN2/c1-2-3-9(7-14)15-8-4-5-11(13)10(12)6-8/h4-6,9,15H,2-3H2,1H3. The summed E-state index contributed by atoms with van der Waals surface area (Å²) in [7, 11) is 0. The highest BCUT2D eigenvalue weighted by Crippen LogP contribution is 2.26. The van der Waals surface area contributed by atoms with Gasteiger partial charge in [0.1, 0.15) is 6.04 Å². The molecule has 0 aliphatic carbocycles. The van der Waals surface area contributed by atoms with Gasteiger partial charge in [0.05, 0.1) is 11.1 Å². The van der Waals surface area contributed by atoms with E-state index in [0.717, 1.165) is 23.0 Å². The Labute approximate surface area is 103 Å². The van der Waals surface area contributed by atoms with Crippen LogP contribution in [0.1, 0.15) is 19.8 Å². The molecule has 0 bridgehead atoms. The topological polar surface area (TPSA) is 35.8 Å². The van der Waals surface area contributed by atoms with Gasteiger partial charge in [-0.05, 0) is 40.5 Å². The molecule has 1 aromatic carbocycles. The van der Waals surface area contributed by atoms with E-state index >= 15 is 0 Å². The number of anilines is 1. The Bertz CT molecular complexity index is 373. The summed E-state index contributed by atoms with van der Waals surface area (Å²) in [5.41, 5.74) is 0.909. The van der Waals surface area contributed by atoms with Crippen molar-refractivity contribution in [3.05, 3.63) is 27.7 Å². The molecular weight excluding hydrogens is 275 g/mol. The second-order valence-electron chi connectivity index (χ2n) is 3.24. The van der Waals surface area contributed by atoms with Gasteiger partial charge in [0.2, 0.25) is 0 Å². The van der Waals surface area contributed by atoms with E-state index in [1.165, 1.54) is 0 Å².